The zero-order valence-corrected chi connectivity index (χ0v) is 10.1. The van der Waals surface area contributed by atoms with Crippen LogP contribution in [-0.4, -0.2) is 43.3 Å². The molecule has 0 aliphatic carbocycles. The van der Waals surface area contributed by atoms with Gasteiger partial charge in [-0.05, 0) is 0 Å². The Kier molecular flexibility index (Phi) is 2.67. The van der Waals surface area contributed by atoms with Crippen LogP contribution in [0, 0.1) is 0 Å². The van der Waals surface area contributed by atoms with E-state index in [1.165, 1.54) is 0 Å². The SMILES string of the molecule is CNc1nc2nc(N3CCOCC3)oc2cc1N. The summed E-state index contributed by atoms with van der Waals surface area (Å²) in [6.07, 6.45) is 0. The van der Waals surface area contributed by atoms with Crippen LogP contribution in [0.25, 0.3) is 11.2 Å². The third kappa shape index (κ3) is 1.82. The number of nitrogens with zero attached hydrogens (tertiary/aromatic N) is 3. The zero-order chi connectivity index (χ0) is 12.5. The molecule has 1 saturated heterocycles. The number of anilines is 3. The molecular formula is C11H15N5O2. The Balaban J connectivity index is 1.99. The molecule has 96 valence electrons. The molecule has 7 heteroatoms. The predicted octanol–water partition coefficient (Wildman–Crippen LogP) is 0.683. The highest BCUT2D eigenvalue weighted by atomic mass is 16.5. The summed E-state index contributed by atoms with van der Waals surface area (Å²) in [7, 11) is 1.77. The first-order chi connectivity index (χ1) is 8.78. The number of oxazole rings is 1. The fraction of sp³-hybridized carbons (Fsp3) is 0.455. The van der Waals surface area contributed by atoms with Gasteiger partial charge in [0.1, 0.15) is 0 Å². The summed E-state index contributed by atoms with van der Waals surface area (Å²) in [4.78, 5) is 10.7. The third-order valence-corrected chi connectivity index (χ3v) is 2.92. The number of fused-ring (bicyclic) bond motifs is 1. The van der Waals surface area contributed by atoms with E-state index in [1.54, 1.807) is 13.1 Å². The van der Waals surface area contributed by atoms with E-state index in [-0.39, 0.29) is 0 Å². The van der Waals surface area contributed by atoms with Crippen LogP contribution >= 0.6 is 0 Å². The van der Waals surface area contributed by atoms with Crippen LogP contribution < -0.4 is 16.0 Å². The molecular weight excluding hydrogens is 234 g/mol. The number of hydrogen-bond donors (Lipinski definition) is 2. The fourth-order valence-corrected chi connectivity index (χ4v) is 1.96. The molecule has 7 nitrogen and oxygen atoms in total. The molecule has 2 aromatic rings. The van der Waals surface area contributed by atoms with Gasteiger partial charge in [0, 0.05) is 26.2 Å². The Morgan fingerprint density at radius 2 is 2.11 bits per heavy atom. The minimum absolute atomic E-state index is 0.551. The van der Waals surface area contributed by atoms with Gasteiger partial charge in [0.15, 0.2) is 11.4 Å². The number of morpholine rings is 1. The van der Waals surface area contributed by atoms with Crippen molar-refractivity contribution < 1.29 is 9.15 Å². The van der Waals surface area contributed by atoms with Crippen molar-refractivity contribution in [1.82, 2.24) is 9.97 Å². The largest absolute Gasteiger partial charge is 0.422 e. The number of rotatable bonds is 2. The van der Waals surface area contributed by atoms with Crippen LogP contribution in [0.5, 0.6) is 0 Å². The van der Waals surface area contributed by atoms with Crippen molar-refractivity contribution in [3.05, 3.63) is 6.07 Å². The normalized spacial score (nSPS) is 16.2. The molecule has 1 aliphatic rings. The van der Waals surface area contributed by atoms with E-state index in [2.05, 4.69) is 15.3 Å². The summed E-state index contributed by atoms with van der Waals surface area (Å²) in [5.41, 5.74) is 7.56. The molecule has 3 heterocycles. The Morgan fingerprint density at radius 3 is 2.83 bits per heavy atom. The van der Waals surface area contributed by atoms with Gasteiger partial charge in [-0.2, -0.15) is 4.98 Å². The molecule has 0 spiro atoms. The van der Waals surface area contributed by atoms with Gasteiger partial charge in [-0.3, -0.25) is 0 Å². The molecule has 0 unspecified atom stereocenters. The van der Waals surface area contributed by atoms with E-state index >= 15 is 0 Å². The molecule has 2 aromatic heterocycles. The van der Waals surface area contributed by atoms with Gasteiger partial charge in [0.05, 0.1) is 18.9 Å². The molecule has 0 amide bonds. The van der Waals surface area contributed by atoms with Crippen molar-refractivity contribution in [2.75, 3.05) is 49.3 Å². The van der Waals surface area contributed by atoms with Gasteiger partial charge >= 0.3 is 0 Å². The summed E-state index contributed by atoms with van der Waals surface area (Å²) in [6, 6.07) is 2.32. The summed E-state index contributed by atoms with van der Waals surface area (Å²) in [5, 5.41) is 2.92. The van der Waals surface area contributed by atoms with E-state index in [4.69, 9.17) is 14.9 Å². The van der Waals surface area contributed by atoms with Crippen LogP contribution in [0.4, 0.5) is 17.5 Å². The summed E-state index contributed by atoms with van der Waals surface area (Å²) >= 11 is 0. The molecule has 3 N–H and O–H groups in total. The zero-order valence-electron chi connectivity index (χ0n) is 10.1. The van der Waals surface area contributed by atoms with E-state index in [1.807, 2.05) is 4.90 Å². The highest BCUT2D eigenvalue weighted by Crippen LogP contribution is 2.26. The second-order valence-corrected chi connectivity index (χ2v) is 4.09. The fourth-order valence-electron chi connectivity index (χ4n) is 1.96. The Bertz CT molecular complexity index is 562. The van der Waals surface area contributed by atoms with Gasteiger partial charge < -0.3 is 25.1 Å². The quantitative estimate of drug-likeness (QED) is 0.809. The van der Waals surface area contributed by atoms with Crippen LogP contribution in [0.2, 0.25) is 0 Å². The first-order valence-corrected chi connectivity index (χ1v) is 5.85. The second-order valence-electron chi connectivity index (χ2n) is 4.09. The average Bonchev–Trinajstić information content (AvgIpc) is 2.81. The van der Waals surface area contributed by atoms with Crippen molar-refractivity contribution in [3.63, 3.8) is 0 Å². The molecule has 18 heavy (non-hydrogen) atoms. The smallest absolute Gasteiger partial charge is 0.300 e. The lowest BCUT2D eigenvalue weighted by Gasteiger charge is -2.24. The summed E-state index contributed by atoms with van der Waals surface area (Å²) in [6.45, 7) is 2.94. The predicted molar refractivity (Wildman–Crippen MR) is 68.8 cm³/mol. The molecule has 0 radical (unpaired) electrons. The number of hydrogen-bond acceptors (Lipinski definition) is 7. The summed E-state index contributed by atoms with van der Waals surface area (Å²) in [5.74, 6) is 0.615. The molecule has 3 rings (SSSR count). The maximum absolute atomic E-state index is 5.84. The van der Waals surface area contributed by atoms with E-state index in [0.29, 0.717) is 42.0 Å². The molecule has 0 atom stereocenters. The molecule has 0 bridgehead atoms. The van der Waals surface area contributed by atoms with Crippen LogP contribution in [0.3, 0.4) is 0 Å². The van der Waals surface area contributed by atoms with Gasteiger partial charge in [0.2, 0.25) is 5.65 Å². The van der Waals surface area contributed by atoms with Gasteiger partial charge in [-0.1, -0.05) is 0 Å². The molecule has 1 aliphatic heterocycles. The first kappa shape index (κ1) is 11.1. The number of nitrogens with two attached hydrogens (primary N) is 1. The lowest BCUT2D eigenvalue weighted by Crippen LogP contribution is -2.36. The summed E-state index contributed by atoms with van der Waals surface area (Å²) < 4.78 is 11.0. The van der Waals surface area contributed by atoms with Crippen LogP contribution in [0.15, 0.2) is 10.5 Å². The highest BCUT2D eigenvalue weighted by molar-refractivity contribution is 5.80. The number of ether oxygens (including phenoxy) is 1. The van der Waals surface area contributed by atoms with Crippen molar-refractivity contribution in [1.29, 1.82) is 0 Å². The topological polar surface area (TPSA) is 89.4 Å². The minimum atomic E-state index is 0.551. The minimum Gasteiger partial charge on any atom is -0.422 e. The van der Waals surface area contributed by atoms with Crippen molar-refractivity contribution in [3.8, 4) is 0 Å². The van der Waals surface area contributed by atoms with Gasteiger partial charge in [-0.25, -0.2) is 4.98 Å². The highest BCUT2D eigenvalue weighted by Gasteiger charge is 2.18. The first-order valence-electron chi connectivity index (χ1n) is 5.85. The van der Waals surface area contributed by atoms with Crippen LogP contribution in [0.1, 0.15) is 0 Å². The van der Waals surface area contributed by atoms with Crippen molar-refractivity contribution in [2.45, 2.75) is 0 Å². The number of aromatic nitrogens is 2. The van der Waals surface area contributed by atoms with E-state index < -0.39 is 0 Å². The van der Waals surface area contributed by atoms with Gasteiger partial charge in [-0.15, -0.1) is 0 Å². The number of nitrogens with one attached hydrogen (secondary N) is 1. The lowest BCUT2D eigenvalue weighted by atomic mass is 10.4. The Morgan fingerprint density at radius 1 is 1.33 bits per heavy atom. The molecule has 1 fully saturated rings. The van der Waals surface area contributed by atoms with Crippen LogP contribution in [-0.2, 0) is 4.74 Å². The Hall–Kier alpha value is -2.02. The van der Waals surface area contributed by atoms with E-state index in [9.17, 15) is 0 Å². The molecule has 0 aromatic carbocycles. The van der Waals surface area contributed by atoms with E-state index in [0.717, 1.165) is 13.1 Å². The monoisotopic (exact) mass is 249 g/mol. The number of nitrogen functional groups attached to an aromatic ring is 1. The Labute approximate surface area is 104 Å². The molecule has 0 saturated carbocycles. The third-order valence-electron chi connectivity index (χ3n) is 2.92. The maximum Gasteiger partial charge on any atom is 0.300 e. The maximum atomic E-state index is 5.84. The van der Waals surface area contributed by atoms with Gasteiger partial charge in [0.25, 0.3) is 6.01 Å². The number of pyridine rings is 1. The van der Waals surface area contributed by atoms with Crippen molar-refractivity contribution in [2.24, 2.45) is 0 Å². The van der Waals surface area contributed by atoms with Crippen molar-refractivity contribution >= 4 is 28.8 Å². The lowest BCUT2D eigenvalue weighted by molar-refractivity contribution is 0.120. The standard InChI is InChI=1S/C11H15N5O2/c1-13-9-7(12)6-8-10(14-9)15-11(18-8)16-2-4-17-5-3-16/h6H,2-5,12H2,1H3,(H,13,14). The average molecular weight is 249 g/mol. The second kappa shape index (κ2) is 4.34.